The molecular formula is C52H29N9Na6O24S6. The number of azo groups is 4. The van der Waals surface area contributed by atoms with Gasteiger partial charge >= 0.3 is 177 Å². The van der Waals surface area contributed by atoms with Crippen LogP contribution in [-0.4, -0.2) is 77.8 Å². The topological polar surface area (TPSA) is 575 Å². The Morgan fingerprint density at radius 2 is 0.526 bits per heavy atom. The smallest absolute Gasteiger partial charge is 0.872 e. The van der Waals surface area contributed by atoms with Gasteiger partial charge in [-0.15, -0.1) is 32.0 Å². The van der Waals surface area contributed by atoms with Crippen molar-refractivity contribution in [1.29, 1.82) is 0 Å². The number of hydrogen-bond donors (Lipinski definition) is 7. The van der Waals surface area contributed by atoms with Crippen LogP contribution in [0.3, 0.4) is 0 Å². The molecule has 0 aliphatic carbocycles. The average Bonchev–Trinajstić information content (AvgIpc) is 0.780. The van der Waals surface area contributed by atoms with Crippen LogP contribution >= 0.6 is 0 Å². The van der Waals surface area contributed by atoms with Gasteiger partial charge in [-0.2, -0.15) is 71.0 Å². The molecule has 0 saturated heterocycles. The van der Waals surface area contributed by atoms with Crippen LogP contribution in [0.5, 0.6) is 34.5 Å². The zero-order valence-electron chi connectivity index (χ0n) is 50.3. The first-order chi connectivity index (χ1) is 42.3. The summed E-state index contributed by atoms with van der Waals surface area (Å²) < 4.78 is 205. The maximum Gasteiger partial charge on any atom is 1.00 e. The molecule has 45 heteroatoms. The number of nitrogens with zero attached hydrogens (tertiary/aromatic N) is 8. The minimum atomic E-state index is -5.29. The molecule has 33 nitrogen and oxygen atoms in total. The third-order valence-corrected chi connectivity index (χ3v) is 18.1. The zero-order chi connectivity index (χ0) is 66.2. The van der Waals surface area contributed by atoms with Crippen LogP contribution in [0, 0.1) is 0 Å². The van der Waals surface area contributed by atoms with Gasteiger partial charge in [-0.05, 0) is 164 Å². The molecule has 0 aromatic heterocycles. The number of fused-ring (bicyclic) bond motifs is 4. The summed E-state index contributed by atoms with van der Waals surface area (Å²) in [5.41, 5.74) is -3.93. The summed E-state index contributed by atoms with van der Waals surface area (Å²) in [6, 6.07) is 22.1. The van der Waals surface area contributed by atoms with Gasteiger partial charge in [-0.25, -0.2) is 0 Å². The van der Waals surface area contributed by atoms with E-state index in [1.54, 1.807) is 0 Å². The Balaban J connectivity index is 0.00000333. The maximum absolute atomic E-state index is 13.8. The van der Waals surface area contributed by atoms with Crippen molar-refractivity contribution in [3.05, 3.63) is 133 Å². The van der Waals surface area contributed by atoms with Crippen molar-refractivity contribution >= 4 is 161 Å². The molecule has 0 heterocycles. The summed E-state index contributed by atoms with van der Waals surface area (Å²) in [6.07, 6.45) is 0. The minimum absolute atomic E-state index is 0. The van der Waals surface area contributed by atoms with Gasteiger partial charge < -0.3 is 36.0 Å². The summed E-state index contributed by atoms with van der Waals surface area (Å²) in [6.45, 7) is 0. The van der Waals surface area contributed by atoms with E-state index in [4.69, 9.17) is 0 Å². The maximum atomic E-state index is 13.8. The van der Waals surface area contributed by atoms with Crippen molar-refractivity contribution in [3.63, 3.8) is 0 Å². The van der Waals surface area contributed by atoms with Crippen LogP contribution in [-0.2, 0) is 60.7 Å². The Morgan fingerprint density at radius 3 is 0.773 bits per heavy atom. The fourth-order valence-corrected chi connectivity index (χ4v) is 12.6. The van der Waals surface area contributed by atoms with E-state index >= 15 is 0 Å². The summed E-state index contributed by atoms with van der Waals surface area (Å²) in [5.74, 6) is -7.34. The van der Waals surface area contributed by atoms with Gasteiger partial charge in [0.25, 0.3) is 60.7 Å². The van der Waals surface area contributed by atoms with Crippen LogP contribution in [0.1, 0.15) is 0 Å². The van der Waals surface area contributed by atoms with E-state index in [1.165, 1.54) is 60.7 Å². The second-order valence-corrected chi connectivity index (χ2v) is 27.3. The van der Waals surface area contributed by atoms with E-state index in [9.17, 15) is 108 Å². The molecule has 0 amide bonds. The molecule has 10 aromatic carbocycles. The molecule has 10 rings (SSSR count). The van der Waals surface area contributed by atoms with Crippen molar-refractivity contribution in [1.82, 2.24) is 0 Å². The van der Waals surface area contributed by atoms with Crippen molar-refractivity contribution in [3.8, 4) is 34.5 Å². The van der Waals surface area contributed by atoms with E-state index in [-0.39, 0.29) is 233 Å². The molecule has 97 heavy (non-hydrogen) atoms. The first kappa shape index (κ1) is 85.1. The Labute approximate surface area is 680 Å². The fraction of sp³-hybridized carbons (Fsp3) is 0. The second kappa shape index (κ2) is 32.4. The van der Waals surface area contributed by atoms with Crippen LogP contribution in [0.4, 0.5) is 56.9 Å². The summed E-state index contributed by atoms with van der Waals surface area (Å²) in [5, 5.41) is 109. The predicted molar refractivity (Wildman–Crippen MR) is 304 cm³/mol. The van der Waals surface area contributed by atoms with E-state index in [0.717, 1.165) is 36.4 Å². The van der Waals surface area contributed by atoms with E-state index in [1.807, 2.05) is 0 Å². The number of anilines is 2. The predicted octanol–water partition coefficient (Wildman–Crippen LogP) is -10.3. The molecule has 0 saturated carbocycles. The van der Waals surface area contributed by atoms with Gasteiger partial charge in [0.1, 0.15) is 19.6 Å². The molecule has 0 fully saturated rings. The van der Waals surface area contributed by atoms with Crippen molar-refractivity contribution in [2.75, 3.05) is 5.32 Å². The Bertz CT molecular complexity index is 5370. The molecule has 0 bridgehead atoms. The third-order valence-electron chi connectivity index (χ3n) is 13.0. The van der Waals surface area contributed by atoms with Crippen LogP contribution < -0.4 is 213 Å². The molecular weight excluding hydrogens is 1460 g/mol. The molecule has 468 valence electrons. The molecule has 0 radical (unpaired) electrons. The molecule has 10 aromatic rings. The van der Waals surface area contributed by atoms with Crippen LogP contribution in [0.2, 0.25) is 0 Å². The fourth-order valence-electron chi connectivity index (χ4n) is 8.88. The molecule has 0 aliphatic rings. The second-order valence-electron chi connectivity index (χ2n) is 18.9. The van der Waals surface area contributed by atoms with Crippen molar-refractivity contribution in [2.45, 2.75) is 29.4 Å². The van der Waals surface area contributed by atoms with Gasteiger partial charge in [0.2, 0.25) is 0 Å². The first-order valence-corrected chi connectivity index (χ1v) is 33.0. The molecule has 7 N–H and O–H groups in total. The quantitative estimate of drug-likeness (QED) is 0.0268. The van der Waals surface area contributed by atoms with Crippen molar-refractivity contribution < 1.29 is 286 Å². The first-order valence-electron chi connectivity index (χ1n) is 24.4. The summed E-state index contributed by atoms with van der Waals surface area (Å²) >= 11 is 0. The van der Waals surface area contributed by atoms with Gasteiger partial charge in [-0.3, -0.25) is 27.3 Å². The molecule has 0 aliphatic heterocycles. The number of rotatable bonds is 16. The summed E-state index contributed by atoms with van der Waals surface area (Å²) in [4.78, 5) is -6.28. The molecule has 0 atom stereocenters. The van der Waals surface area contributed by atoms with E-state index in [0.29, 0.717) is 36.4 Å². The minimum Gasteiger partial charge on any atom is -0.872 e. The third kappa shape index (κ3) is 18.9. The van der Waals surface area contributed by atoms with Gasteiger partial charge in [-0.1, -0.05) is 35.1 Å². The average molecular weight is 1490 g/mol. The SMILES string of the molecule is O=S(=O)(O)c1cc([O-])c2c([O-])c(N=Nc3ccc(N=Nc4c(S(=O)(=O)O)cc5cc(Nc6ccc7c([O-])c(N=Nc8ccc(N=Nc9c(S(=O)(=O)O)cc%10cc(S(=O)(=O)O)cc([O-])c%10c9[O-])cc8)c(S(=O)(=O)O)cc7c6)ccc5c4[O-])cc3)c(S(=O)(=O)O)cc2c1.[Na+].[Na+].[Na+].[Na+].[Na+].[Na+]. The molecule has 0 spiro atoms. The zero-order valence-corrected chi connectivity index (χ0v) is 67.2. The van der Waals surface area contributed by atoms with E-state index in [2.05, 4.69) is 46.2 Å². The van der Waals surface area contributed by atoms with Crippen molar-refractivity contribution in [2.24, 2.45) is 40.9 Å². The van der Waals surface area contributed by atoms with Gasteiger partial charge in [0.05, 0.1) is 55.3 Å². The van der Waals surface area contributed by atoms with E-state index < -0.39 is 169 Å². The number of nitrogens with one attached hydrogen (secondary N) is 1. The van der Waals surface area contributed by atoms with Gasteiger partial charge in [0, 0.05) is 11.4 Å². The van der Waals surface area contributed by atoms with Gasteiger partial charge in [0.15, 0.2) is 0 Å². The monoisotopic (exact) mass is 1490 g/mol. The largest absolute Gasteiger partial charge is 1.00 e. The number of hydrogen-bond acceptors (Lipinski definition) is 27. The Morgan fingerprint density at radius 1 is 0.278 bits per heavy atom. The Kier molecular flexibility index (Phi) is 28.4. The number of benzene rings is 10. The molecule has 0 unspecified atom stereocenters. The standard InChI is InChI=1S/C52H35N9O24S6.6Na/c62-37-21-33(86(68,69)70)15-25-19-41(90(80,81)82)47(51(66)43(25)37)60-56-29-5-1-27(2-6-29)54-58-45-39(88(74,75)76)17-23-13-31(9-11-35(23)49(45)64)53-32-10-12-36-24(14-32)18-40(89(77,78)79)46(50(36)65)59-55-28-3-7-30(8-4-28)57-61-48-42(91(83,84)85)20-26-16-34(87(71,72)73)22-38(63)44(26)52(48)67;;;;;;/h1-22,53,62-67H,(H,68,69,70)(H,71,72,73)(H,74,75,76)(H,77,78,79)(H,80,81,82)(H,83,84,85);;;;;;/q;6*+1/p-6. The normalized spacial score (nSPS) is 12.3. The van der Waals surface area contributed by atoms with Crippen LogP contribution in [0.25, 0.3) is 43.1 Å². The Hall–Kier alpha value is -4.30. The van der Waals surface area contributed by atoms with Crippen LogP contribution in [0.15, 0.2) is 204 Å². The summed E-state index contributed by atoms with van der Waals surface area (Å²) in [7, 11) is -31.0.